The summed E-state index contributed by atoms with van der Waals surface area (Å²) >= 11 is 0. The Labute approximate surface area is 120 Å². The zero-order valence-electron chi connectivity index (χ0n) is 12.0. The Morgan fingerprint density at radius 2 is 2.10 bits per heavy atom. The number of benzene rings is 1. The standard InChI is InChI=1S/C16H25NO3/c17-16(13-18,14-6-2-1-3-7-14)9-11-19-12-15-8-4-5-10-20-15/h1-3,6-7,15,18H,4-5,8-13,17H2. The number of hydrogen-bond donors (Lipinski definition) is 2. The van der Waals surface area contributed by atoms with E-state index >= 15 is 0 Å². The van der Waals surface area contributed by atoms with Crippen LogP contribution in [0.1, 0.15) is 31.2 Å². The van der Waals surface area contributed by atoms with Gasteiger partial charge in [0, 0.05) is 13.2 Å². The minimum absolute atomic E-state index is 0.0830. The molecule has 1 aromatic rings. The SMILES string of the molecule is NC(CO)(CCOCC1CCCCO1)c1ccccc1. The molecule has 1 heterocycles. The van der Waals surface area contributed by atoms with Crippen LogP contribution in [0.2, 0.25) is 0 Å². The van der Waals surface area contributed by atoms with Crippen molar-refractivity contribution in [2.75, 3.05) is 26.4 Å². The van der Waals surface area contributed by atoms with Gasteiger partial charge in [0.25, 0.3) is 0 Å². The summed E-state index contributed by atoms with van der Waals surface area (Å²) in [5.41, 5.74) is 6.49. The molecule has 1 aromatic carbocycles. The summed E-state index contributed by atoms with van der Waals surface area (Å²) in [6.07, 6.45) is 4.27. The number of rotatable bonds is 7. The molecular formula is C16H25NO3. The molecule has 0 radical (unpaired) electrons. The lowest BCUT2D eigenvalue weighted by Crippen LogP contribution is -2.41. The van der Waals surface area contributed by atoms with E-state index in [4.69, 9.17) is 15.2 Å². The van der Waals surface area contributed by atoms with Crippen LogP contribution in [0, 0.1) is 0 Å². The van der Waals surface area contributed by atoms with Crippen molar-refractivity contribution in [3.63, 3.8) is 0 Å². The van der Waals surface area contributed by atoms with Gasteiger partial charge in [-0.25, -0.2) is 0 Å². The molecule has 2 unspecified atom stereocenters. The third kappa shape index (κ3) is 4.28. The maximum Gasteiger partial charge on any atom is 0.0808 e. The first-order valence-corrected chi connectivity index (χ1v) is 7.39. The molecule has 1 saturated heterocycles. The van der Waals surface area contributed by atoms with E-state index in [-0.39, 0.29) is 12.7 Å². The lowest BCUT2D eigenvalue weighted by molar-refractivity contribution is -0.0441. The third-order valence-electron chi connectivity index (χ3n) is 3.90. The molecule has 4 heteroatoms. The fourth-order valence-electron chi connectivity index (χ4n) is 2.49. The van der Waals surface area contributed by atoms with Gasteiger partial charge in [0.15, 0.2) is 0 Å². The van der Waals surface area contributed by atoms with E-state index in [2.05, 4.69) is 0 Å². The third-order valence-corrected chi connectivity index (χ3v) is 3.90. The van der Waals surface area contributed by atoms with Crippen LogP contribution in [0.4, 0.5) is 0 Å². The molecule has 2 rings (SSSR count). The Morgan fingerprint density at radius 3 is 2.75 bits per heavy atom. The van der Waals surface area contributed by atoms with Crippen LogP contribution < -0.4 is 5.73 Å². The number of aliphatic hydroxyl groups is 1. The summed E-state index contributed by atoms with van der Waals surface area (Å²) in [4.78, 5) is 0. The number of hydrogen-bond acceptors (Lipinski definition) is 4. The minimum Gasteiger partial charge on any atom is -0.394 e. The first kappa shape index (κ1) is 15.4. The lowest BCUT2D eigenvalue weighted by atomic mass is 9.89. The quantitative estimate of drug-likeness (QED) is 0.747. The van der Waals surface area contributed by atoms with Crippen molar-refractivity contribution < 1.29 is 14.6 Å². The molecule has 0 saturated carbocycles. The van der Waals surface area contributed by atoms with Gasteiger partial charge < -0.3 is 20.3 Å². The van der Waals surface area contributed by atoms with Crippen LogP contribution in [-0.2, 0) is 15.0 Å². The van der Waals surface area contributed by atoms with Crippen molar-refractivity contribution in [1.29, 1.82) is 0 Å². The van der Waals surface area contributed by atoms with E-state index < -0.39 is 5.54 Å². The fourth-order valence-corrected chi connectivity index (χ4v) is 2.49. The number of ether oxygens (including phenoxy) is 2. The predicted molar refractivity (Wildman–Crippen MR) is 78.4 cm³/mol. The molecule has 20 heavy (non-hydrogen) atoms. The van der Waals surface area contributed by atoms with Crippen LogP contribution in [-0.4, -0.2) is 37.6 Å². The van der Waals surface area contributed by atoms with Gasteiger partial charge >= 0.3 is 0 Å². The van der Waals surface area contributed by atoms with Gasteiger partial charge in [0.1, 0.15) is 0 Å². The maximum atomic E-state index is 9.58. The molecule has 1 aliphatic heterocycles. The predicted octanol–water partition coefficient (Wildman–Crippen LogP) is 1.81. The Hall–Kier alpha value is -0.940. The van der Waals surface area contributed by atoms with E-state index in [1.165, 1.54) is 6.42 Å². The van der Waals surface area contributed by atoms with E-state index in [0.717, 1.165) is 25.0 Å². The Morgan fingerprint density at radius 1 is 1.30 bits per heavy atom. The second-order valence-corrected chi connectivity index (χ2v) is 5.49. The molecule has 4 nitrogen and oxygen atoms in total. The van der Waals surface area contributed by atoms with Crippen molar-refractivity contribution >= 4 is 0 Å². The highest BCUT2D eigenvalue weighted by molar-refractivity contribution is 5.23. The summed E-state index contributed by atoms with van der Waals surface area (Å²) in [7, 11) is 0. The molecule has 2 atom stereocenters. The second kappa shape index (κ2) is 7.74. The minimum atomic E-state index is -0.727. The van der Waals surface area contributed by atoms with Gasteiger partial charge in [-0.3, -0.25) is 0 Å². The van der Waals surface area contributed by atoms with Gasteiger partial charge in [-0.05, 0) is 31.2 Å². The molecule has 0 amide bonds. The zero-order chi connectivity index (χ0) is 14.3. The van der Waals surface area contributed by atoms with Gasteiger partial charge in [-0.1, -0.05) is 30.3 Å². The van der Waals surface area contributed by atoms with Crippen LogP contribution in [0.5, 0.6) is 0 Å². The maximum absolute atomic E-state index is 9.58. The molecule has 1 fully saturated rings. The summed E-state index contributed by atoms with van der Waals surface area (Å²) in [5.74, 6) is 0. The first-order chi connectivity index (χ1) is 9.74. The second-order valence-electron chi connectivity index (χ2n) is 5.49. The van der Waals surface area contributed by atoms with E-state index in [0.29, 0.717) is 19.6 Å². The van der Waals surface area contributed by atoms with Crippen LogP contribution in [0.25, 0.3) is 0 Å². The highest BCUT2D eigenvalue weighted by Crippen LogP contribution is 2.21. The van der Waals surface area contributed by atoms with Crippen molar-refractivity contribution in [1.82, 2.24) is 0 Å². The number of aliphatic hydroxyl groups excluding tert-OH is 1. The van der Waals surface area contributed by atoms with E-state index in [1.54, 1.807) is 0 Å². The molecule has 1 aliphatic rings. The van der Waals surface area contributed by atoms with Crippen LogP contribution in [0.15, 0.2) is 30.3 Å². The summed E-state index contributed by atoms with van der Waals surface area (Å²) in [6.45, 7) is 1.91. The largest absolute Gasteiger partial charge is 0.394 e. The van der Waals surface area contributed by atoms with Gasteiger partial charge in [0.05, 0.1) is 24.9 Å². The Bertz CT molecular complexity index is 379. The molecular weight excluding hydrogens is 254 g/mol. The van der Waals surface area contributed by atoms with Crippen molar-refractivity contribution in [3.8, 4) is 0 Å². The van der Waals surface area contributed by atoms with E-state index in [9.17, 15) is 5.11 Å². The Kier molecular flexibility index (Phi) is 5.98. The van der Waals surface area contributed by atoms with Gasteiger partial charge in [-0.2, -0.15) is 0 Å². The highest BCUT2D eigenvalue weighted by atomic mass is 16.5. The van der Waals surface area contributed by atoms with Gasteiger partial charge in [0.2, 0.25) is 0 Å². The Balaban J connectivity index is 1.76. The van der Waals surface area contributed by atoms with Crippen molar-refractivity contribution in [2.45, 2.75) is 37.3 Å². The normalized spacial score (nSPS) is 22.4. The lowest BCUT2D eigenvalue weighted by Gasteiger charge is -2.28. The van der Waals surface area contributed by atoms with Crippen LogP contribution in [0.3, 0.4) is 0 Å². The van der Waals surface area contributed by atoms with Crippen LogP contribution >= 0.6 is 0 Å². The molecule has 0 spiro atoms. The van der Waals surface area contributed by atoms with Crippen molar-refractivity contribution in [3.05, 3.63) is 35.9 Å². The smallest absolute Gasteiger partial charge is 0.0808 e. The fraction of sp³-hybridized carbons (Fsp3) is 0.625. The van der Waals surface area contributed by atoms with Crippen molar-refractivity contribution in [2.24, 2.45) is 5.73 Å². The topological polar surface area (TPSA) is 64.7 Å². The molecule has 112 valence electrons. The highest BCUT2D eigenvalue weighted by Gasteiger charge is 2.26. The summed E-state index contributed by atoms with van der Waals surface area (Å²) in [6, 6.07) is 9.70. The average molecular weight is 279 g/mol. The average Bonchev–Trinajstić information content (AvgIpc) is 2.53. The molecule has 3 N–H and O–H groups in total. The summed E-state index contributed by atoms with van der Waals surface area (Å²) < 4.78 is 11.3. The van der Waals surface area contributed by atoms with E-state index in [1.807, 2.05) is 30.3 Å². The molecule has 0 aromatic heterocycles. The monoisotopic (exact) mass is 279 g/mol. The first-order valence-electron chi connectivity index (χ1n) is 7.39. The zero-order valence-corrected chi connectivity index (χ0v) is 12.0. The molecule has 0 aliphatic carbocycles. The number of nitrogens with two attached hydrogens (primary N) is 1. The molecule has 0 bridgehead atoms. The summed E-state index contributed by atoms with van der Waals surface area (Å²) in [5, 5.41) is 9.58. The van der Waals surface area contributed by atoms with Gasteiger partial charge in [-0.15, -0.1) is 0 Å².